The highest BCUT2D eigenvalue weighted by molar-refractivity contribution is 5.81. The van der Waals surface area contributed by atoms with Gasteiger partial charge in [-0.15, -0.1) is 0 Å². The van der Waals surface area contributed by atoms with E-state index >= 15 is 0 Å². The van der Waals surface area contributed by atoms with Gasteiger partial charge >= 0.3 is 0 Å². The maximum absolute atomic E-state index is 13.6. The highest BCUT2D eigenvalue weighted by Gasteiger charge is 2.47. The lowest BCUT2D eigenvalue weighted by molar-refractivity contribution is -0.282. The molecule has 0 aromatic heterocycles. The van der Waals surface area contributed by atoms with Crippen LogP contribution in [0.15, 0.2) is 0 Å². The quantitative estimate of drug-likeness (QED) is 0.0389. The largest absolute Gasteiger partial charge is 0.394 e. The van der Waals surface area contributed by atoms with E-state index in [1.165, 1.54) is 27.7 Å². The molecular weight excluding hydrogens is 1530 g/mol. The summed E-state index contributed by atoms with van der Waals surface area (Å²) >= 11 is 0. The number of ketones is 4. The lowest BCUT2D eigenvalue weighted by atomic mass is 9.92. The van der Waals surface area contributed by atoms with E-state index in [4.69, 9.17) is 57.6 Å². The van der Waals surface area contributed by atoms with E-state index in [2.05, 4.69) is 45.7 Å². The Bertz CT molecular complexity index is 2710. The van der Waals surface area contributed by atoms with E-state index in [9.17, 15) is 83.7 Å². The average Bonchev–Trinajstić information content (AvgIpc) is 0.809. The topological polar surface area (TPSA) is 517 Å². The number of carbonyl (C=O) groups is 10. The summed E-state index contributed by atoms with van der Waals surface area (Å²) in [5, 5.41) is 104. The van der Waals surface area contributed by atoms with Crippen molar-refractivity contribution < 1.29 is 141 Å². The summed E-state index contributed by atoms with van der Waals surface area (Å²) in [5.74, 6) is -1.84. The number of aliphatic hydroxyl groups excluding tert-OH is 9. The molecule has 3 rings (SSSR count). The first-order chi connectivity index (χ1) is 55.9. The first kappa shape index (κ1) is 110. The molecular formula is C82H150N6O29. The highest BCUT2D eigenvalue weighted by atomic mass is 16.7. The fraction of sp³-hybridized carbons (Fsp3) is 0.878. The van der Waals surface area contributed by atoms with Crippen LogP contribution in [0.4, 0.5) is 0 Å². The maximum atomic E-state index is 13.6. The van der Waals surface area contributed by atoms with E-state index in [1.54, 1.807) is 6.92 Å². The molecule has 0 spiro atoms. The SMILES string of the molecule is CC(=O)CCCCO[C@@H]1OC(CO)[C@H](O)[C@H](O)C1NC(C)=O.CCCCCCC(=O)CCOCC(COCCC(=O)CCCCCC(=O)CCCCO[C@@H]1OC(CO)[C@H](O)[C@H](O)C1C)(COCCC(=O)NCCCNC(C)=O)NC(=O)CCCC(=O)NCCCCCCOC(C)C.CCCCCO[C@@H]1OC(CO)[C@H](O)[C@H](O)C1NC(C)=O. The summed E-state index contributed by atoms with van der Waals surface area (Å²) in [6.45, 7) is 17.0. The van der Waals surface area contributed by atoms with Crippen LogP contribution in [0.2, 0.25) is 0 Å². The van der Waals surface area contributed by atoms with Gasteiger partial charge in [0.05, 0.1) is 71.7 Å². The fourth-order valence-corrected chi connectivity index (χ4v) is 12.7. The predicted molar refractivity (Wildman–Crippen MR) is 430 cm³/mol. The zero-order chi connectivity index (χ0) is 87.4. The Morgan fingerprint density at radius 1 is 0.368 bits per heavy atom. The summed E-state index contributed by atoms with van der Waals surface area (Å²) in [4.78, 5) is 121. The third kappa shape index (κ3) is 52.0. The number of hydrogen-bond donors (Lipinski definition) is 15. The van der Waals surface area contributed by atoms with Gasteiger partial charge in [-0.3, -0.25) is 43.2 Å². The molecule has 35 heteroatoms. The number of nitrogens with one attached hydrogen (secondary N) is 6. The van der Waals surface area contributed by atoms with Crippen LogP contribution in [0.25, 0.3) is 0 Å². The lowest BCUT2D eigenvalue weighted by Crippen LogP contribution is -2.64. The van der Waals surface area contributed by atoms with Gasteiger partial charge in [0.1, 0.15) is 89.6 Å². The molecule has 16 atom stereocenters. The van der Waals surface area contributed by atoms with E-state index in [0.29, 0.717) is 123 Å². The molecule has 3 fully saturated rings. The molecule has 0 aliphatic carbocycles. The second-order valence-electron chi connectivity index (χ2n) is 30.8. The van der Waals surface area contributed by atoms with Crippen molar-refractivity contribution >= 4 is 58.6 Å². The molecule has 682 valence electrons. The van der Waals surface area contributed by atoms with Crippen LogP contribution in [-0.2, 0) is 95.3 Å². The van der Waals surface area contributed by atoms with Crippen LogP contribution in [0.5, 0.6) is 0 Å². The number of ether oxygens (including phenoxy) is 10. The van der Waals surface area contributed by atoms with Gasteiger partial charge in [0, 0.05) is 137 Å². The third-order valence-corrected chi connectivity index (χ3v) is 19.5. The molecule has 3 heterocycles. The van der Waals surface area contributed by atoms with Crippen LogP contribution >= 0.6 is 0 Å². The number of hydrogen-bond acceptors (Lipinski definition) is 29. The third-order valence-electron chi connectivity index (χ3n) is 19.5. The first-order valence-corrected chi connectivity index (χ1v) is 42.6. The van der Waals surface area contributed by atoms with Crippen molar-refractivity contribution in [3.8, 4) is 0 Å². The monoisotopic (exact) mass is 1680 g/mol. The minimum atomic E-state index is -1.32. The van der Waals surface area contributed by atoms with Crippen molar-refractivity contribution in [2.75, 3.05) is 106 Å². The van der Waals surface area contributed by atoms with Crippen LogP contribution in [-0.4, -0.2) is 308 Å². The highest BCUT2D eigenvalue weighted by Crippen LogP contribution is 2.28. The minimum Gasteiger partial charge on any atom is -0.394 e. The molecule has 0 saturated carbocycles. The Hall–Kier alpha value is -5.26. The molecule has 7 unspecified atom stereocenters. The molecule has 6 amide bonds. The van der Waals surface area contributed by atoms with E-state index in [0.717, 1.165) is 77.2 Å². The smallest absolute Gasteiger partial charge is 0.222 e. The van der Waals surface area contributed by atoms with Crippen molar-refractivity contribution in [3.05, 3.63) is 0 Å². The molecule has 0 aromatic rings. The Balaban J connectivity index is 0.00000130. The van der Waals surface area contributed by atoms with Gasteiger partial charge in [-0.05, 0) is 97.8 Å². The summed E-state index contributed by atoms with van der Waals surface area (Å²) in [6.07, 6.45) is 5.86. The Morgan fingerprint density at radius 2 is 0.735 bits per heavy atom. The van der Waals surface area contributed by atoms with E-state index < -0.39 is 123 Å². The maximum Gasteiger partial charge on any atom is 0.222 e. The standard InChI is InChI=1S/C55H100N4O16.C14H25NO7.C13H25NO6/c1-6-7-8-12-22-46(63)27-35-70-39-55(41-72-37-29-50(66)58-32-20-31-56-44(5)61,59-51(67)26-19-25-49(65)57-30-16-9-10-17-33-73-42(2)3)40-71-36-28-47(64)23-14-11-13-21-45(62)24-15-18-34-74-54-43(4)52(68)53(69)48(38-60)75-54;1-8(17)5-3-4-6-21-14-11(15-9(2)18)13(20)12(19)10(7-16)22-14;1-3-4-5-6-19-13-10(14-8(2)16)12(18)11(17)9(7-15)20-13/h42-43,48,52-54,60,68-69H,6-41H2,1-5H3,(H,56,61)(H,57,65)(H,58,66)(H,59,67);10-14,16,19-20H,3-7H2,1-2H3,(H,15,18);9-13,15,17-18H,3-7H2,1-2H3,(H,14,16)/t43?,48?,52-,53+,54-,55?;10?,11?,12-,13+,14+;9?,10?,11-,12+,13+/m100/s1. The molecule has 0 aromatic carbocycles. The summed E-state index contributed by atoms with van der Waals surface area (Å²) in [5.41, 5.74) is -1.26. The van der Waals surface area contributed by atoms with E-state index in [-0.39, 0.29) is 137 Å². The van der Waals surface area contributed by atoms with Gasteiger partial charge in [-0.25, -0.2) is 0 Å². The van der Waals surface area contributed by atoms with Crippen LogP contribution in [0.1, 0.15) is 255 Å². The van der Waals surface area contributed by atoms with Gasteiger partial charge in [0.25, 0.3) is 0 Å². The van der Waals surface area contributed by atoms with Gasteiger partial charge in [0.15, 0.2) is 18.9 Å². The second kappa shape index (κ2) is 67.3. The Morgan fingerprint density at radius 3 is 1.20 bits per heavy atom. The first-order valence-electron chi connectivity index (χ1n) is 42.6. The number of unbranched alkanes of at least 4 members (excludes halogenated alkanes) is 12. The predicted octanol–water partition coefficient (Wildman–Crippen LogP) is 2.71. The van der Waals surface area contributed by atoms with Gasteiger partial charge < -0.3 is 130 Å². The van der Waals surface area contributed by atoms with Gasteiger partial charge in [-0.1, -0.05) is 72.1 Å². The van der Waals surface area contributed by atoms with Crippen LogP contribution < -0.4 is 31.9 Å². The number of Topliss-reactive ketones (excluding diaryl/α,β-unsaturated/α-hetero) is 4. The van der Waals surface area contributed by atoms with Crippen LogP contribution in [0.3, 0.4) is 0 Å². The number of aliphatic hydroxyl groups is 9. The molecule has 15 N–H and O–H groups in total. The summed E-state index contributed by atoms with van der Waals surface area (Å²) < 4.78 is 56.9. The van der Waals surface area contributed by atoms with Crippen molar-refractivity contribution in [1.82, 2.24) is 31.9 Å². The number of carbonyl (C=O) groups excluding carboxylic acids is 10. The molecule has 3 aliphatic rings. The Labute approximate surface area is 692 Å². The van der Waals surface area contributed by atoms with Crippen molar-refractivity contribution in [1.29, 1.82) is 0 Å². The van der Waals surface area contributed by atoms with Gasteiger partial charge in [-0.2, -0.15) is 0 Å². The molecule has 3 aliphatic heterocycles. The lowest BCUT2D eigenvalue weighted by Gasteiger charge is -2.42. The molecule has 3 saturated heterocycles. The normalized spacial score (nSPS) is 23.5. The van der Waals surface area contributed by atoms with Crippen molar-refractivity contribution in [3.63, 3.8) is 0 Å². The molecule has 35 nitrogen and oxygen atoms in total. The van der Waals surface area contributed by atoms with E-state index in [1.807, 2.05) is 13.8 Å². The summed E-state index contributed by atoms with van der Waals surface area (Å²) in [7, 11) is 0. The average molecular weight is 1680 g/mol. The van der Waals surface area contributed by atoms with Crippen LogP contribution in [0, 0.1) is 5.92 Å². The van der Waals surface area contributed by atoms with Crippen molar-refractivity contribution in [2.24, 2.45) is 5.92 Å². The number of amides is 6. The molecule has 0 radical (unpaired) electrons. The number of rotatable bonds is 65. The second-order valence-corrected chi connectivity index (χ2v) is 30.8. The Kier molecular flexibility index (Phi) is 63.2. The van der Waals surface area contributed by atoms with Crippen molar-refractivity contribution in [2.45, 2.75) is 352 Å². The minimum absolute atomic E-state index is 0.0119. The summed E-state index contributed by atoms with van der Waals surface area (Å²) in [6, 6.07) is -1.78. The molecule has 0 bridgehead atoms. The van der Waals surface area contributed by atoms with Gasteiger partial charge in [0.2, 0.25) is 35.4 Å². The molecule has 117 heavy (non-hydrogen) atoms. The fourth-order valence-electron chi connectivity index (χ4n) is 12.7. The zero-order valence-corrected chi connectivity index (χ0v) is 71.5. The zero-order valence-electron chi connectivity index (χ0n) is 71.5.